The molecule has 1 aromatic rings. The number of nitrogens with one attached hydrogen (secondary N) is 1. The summed E-state index contributed by atoms with van der Waals surface area (Å²) in [5.41, 5.74) is 0.544. The number of likely N-dealkylation sites (N-methyl/N-ethyl adjacent to an activating group) is 1. The van der Waals surface area contributed by atoms with Gasteiger partial charge in [-0.15, -0.1) is 0 Å². The van der Waals surface area contributed by atoms with Crippen LogP contribution in [0.2, 0.25) is 0 Å². The number of hydrogen-bond acceptors (Lipinski definition) is 2. The van der Waals surface area contributed by atoms with E-state index in [1.165, 1.54) is 6.07 Å². The Bertz CT molecular complexity index is 398. The van der Waals surface area contributed by atoms with Gasteiger partial charge in [-0.1, -0.05) is 34.1 Å². The number of hydrogen-bond donors (Lipinski definition) is 1. The molecule has 0 bridgehead atoms. The van der Waals surface area contributed by atoms with Gasteiger partial charge in [-0.25, -0.2) is 4.39 Å². The van der Waals surface area contributed by atoms with Gasteiger partial charge in [0, 0.05) is 13.1 Å². The van der Waals surface area contributed by atoms with Crippen LogP contribution in [0.3, 0.4) is 0 Å². The van der Waals surface area contributed by atoms with Crippen LogP contribution in [0.5, 0.6) is 0 Å². The highest BCUT2D eigenvalue weighted by Crippen LogP contribution is 2.13. The lowest BCUT2D eigenvalue weighted by molar-refractivity contribution is -0.120. The highest BCUT2D eigenvalue weighted by atomic mass is 79.9. The van der Waals surface area contributed by atoms with Crippen LogP contribution in [0.4, 0.5) is 4.39 Å². The summed E-state index contributed by atoms with van der Waals surface area (Å²) in [5, 5.41) is 2.80. The summed E-state index contributed by atoms with van der Waals surface area (Å²) >= 11 is 3.29. The van der Waals surface area contributed by atoms with E-state index in [1.807, 2.05) is 19.0 Å². The zero-order chi connectivity index (χ0) is 13.5. The van der Waals surface area contributed by atoms with Crippen LogP contribution < -0.4 is 5.32 Å². The molecule has 0 spiro atoms. The molecular formula is C13H18BrFN2O. The number of rotatable bonds is 6. The van der Waals surface area contributed by atoms with Crippen molar-refractivity contribution < 1.29 is 9.18 Å². The molecule has 0 radical (unpaired) electrons. The van der Waals surface area contributed by atoms with Gasteiger partial charge in [0.2, 0.25) is 5.91 Å². The predicted molar refractivity (Wildman–Crippen MR) is 74.4 cm³/mol. The van der Waals surface area contributed by atoms with Crippen molar-refractivity contribution in [3.63, 3.8) is 0 Å². The third kappa shape index (κ3) is 5.14. The van der Waals surface area contributed by atoms with Gasteiger partial charge in [0.25, 0.3) is 0 Å². The molecule has 0 heterocycles. The first-order valence-corrected chi connectivity index (χ1v) is 6.72. The van der Waals surface area contributed by atoms with Crippen molar-refractivity contribution in [2.45, 2.75) is 11.2 Å². The second-order valence-corrected chi connectivity index (χ2v) is 5.46. The quantitative estimate of drug-likeness (QED) is 0.812. The molecule has 1 unspecified atom stereocenters. The lowest BCUT2D eigenvalue weighted by Gasteiger charge is -2.13. The standard InChI is InChI=1S/C13H18BrFN2O/c1-17(2)8-7-16-13(18)11(14)9-10-5-3-4-6-12(10)15/h3-6,11H,7-9H2,1-2H3,(H,16,18). The first kappa shape index (κ1) is 15.1. The third-order valence-electron chi connectivity index (χ3n) is 2.50. The average Bonchev–Trinajstić information content (AvgIpc) is 2.31. The number of halogens is 2. The first-order chi connectivity index (χ1) is 8.50. The molecule has 0 aliphatic heterocycles. The van der Waals surface area contributed by atoms with E-state index in [-0.39, 0.29) is 11.7 Å². The number of amides is 1. The topological polar surface area (TPSA) is 32.3 Å². The second-order valence-electron chi connectivity index (χ2n) is 4.36. The molecule has 3 nitrogen and oxygen atoms in total. The largest absolute Gasteiger partial charge is 0.354 e. The SMILES string of the molecule is CN(C)CCNC(=O)C(Br)Cc1ccccc1F. The van der Waals surface area contributed by atoms with Gasteiger partial charge >= 0.3 is 0 Å². The summed E-state index contributed by atoms with van der Waals surface area (Å²) in [5.74, 6) is -0.386. The lowest BCUT2D eigenvalue weighted by atomic mass is 10.1. The van der Waals surface area contributed by atoms with Crippen molar-refractivity contribution in [1.82, 2.24) is 10.2 Å². The molecular weight excluding hydrogens is 299 g/mol. The van der Waals surface area contributed by atoms with Crippen molar-refractivity contribution in [1.29, 1.82) is 0 Å². The van der Waals surface area contributed by atoms with Gasteiger partial charge in [-0.05, 0) is 32.1 Å². The Morgan fingerprint density at radius 2 is 2.11 bits per heavy atom. The number of carbonyl (C=O) groups is 1. The van der Waals surface area contributed by atoms with E-state index in [1.54, 1.807) is 18.2 Å². The van der Waals surface area contributed by atoms with Gasteiger partial charge < -0.3 is 10.2 Å². The van der Waals surface area contributed by atoms with Gasteiger partial charge in [0.1, 0.15) is 5.82 Å². The Hall–Kier alpha value is -0.940. The summed E-state index contributed by atoms with van der Waals surface area (Å²) in [7, 11) is 3.88. The van der Waals surface area contributed by atoms with E-state index in [0.29, 0.717) is 18.5 Å². The van der Waals surface area contributed by atoms with E-state index in [4.69, 9.17) is 0 Å². The monoisotopic (exact) mass is 316 g/mol. The lowest BCUT2D eigenvalue weighted by Crippen LogP contribution is -2.36. The first-order valence-electron chi connectivity index (χ1n) is 5.80. The minimum Gasteiger partial charge on any atom is -0.354 e. The zero-order valence-corrected chi connectivity index (χ0v) is 12.2. The molecule has 0 saturated carbocycles. The number of benzene rings is 1. The van der Waals surface area contributed by atoms with E-state index in [9.17, 15) is 9.18 Å². The summed E-state index contributed by atoms with van der Waals surface area (Å²) < 4.78 is 13.4. The van der Waals surface area contributed by atoms with Crippen LogP contribution in [0.15, 0.2) is 24.3 Å². The maximum Gasteiger partial charge on any atom is 0.234 e. The third-order valence-corrected chi connectivity index (χ3v) is 3.24. The molecule has 1 aromatic carbocycles. The Morgan fingerprint density at radius 3 is 2.72 bits per heavy atom. The predicted octanol–water partition coefficient (Wildman–Crippen LogP) is 1.81. The van der Waals surface area contributed by atoms with Crippen molar-refractivity contribution in [3.05, 3.63) is 35.6 Å². The van der Waals surface area contributed by atoms with E-state index < -0.39 is 4.83 Å². The summed E-state index contributed by atoms with van der Waals surface area (Å²) in [6.07, 6.45) is 0.348. The molecule has 18 heavy (non-hydrogen) atoms. The minimum atomic E-state index is -0.406. The van der Waals surface area contributed by atoms with Crippen LogP contribution in [0.1, 0.15) is 5.56 Å². The Morgan fingerprint density at radius 1 is 1.44 bits per heavy atom. The zero-order valence-electron chi connectivity index (χ0n) is 10.6. The Balaban J connectivity index is 2.43. The van der Waals surface area contributed by atoms with Crippen LogP contribution in [-0.2, 0) is 11.2 Å². The second kappa shape index (κ2) is 7.48. The maximum absolute atomic E-state index is 13.4. The summed E-state index contributed by atoms with van der Waals surface area (Å²) in [6, 6.07) is 6.50. The van der Waals surface area contributed by atoms with Crippen molar-refractivity contribution in [2.24, 2.45) is 0 Å². The highest BCUT2D eigenvalue weighted by Gasteiger charge is 2.16. The van der Waals surface area contributed by atoms with Crippen LogP contribution in [-0.4, -0.2) is 42.8 Å². The fraction of sp³-hybridized carbons (Fsp3) is 0.462. The van der Waals surface area contributed by atoms with Crippen LogP contribution in [0, 0.1) is 5.82 Å². The summed E-state index contributed by atoms with van der Waals surface area (Å²) in [6.45, 7) is 1.37. The van der Waals surface area contributed by atoms with Gasteiger partial charge in [0.05, 0.1) is 4.83 Å². The summed E-state index contributed by atoms with van der Waals surface area (Å²) in [4.78, 5) is 13.3. The number of alkyl halides is 1. The fourth-order valence-electron chi connectivity index (χ4n) is 1.46. The number of nitrogens with zero attached hydrogens (tertiary/aromatic N) is 1. The maximum atomic E-state index is 13.4. The van der Waals surface area contributed by atoms with E-state index >= 15 is 0 Å². The van der Waals surface area contributed by atoms with Crippen LogP contribution >= 0.6 is 15.9 Å². The van der Waals surface area contributed by atoms with E-state index in [0.717, 1.165) is 6.54 Å². The fourth-order valence-corrected chi connectivity index (χ4v) is 1.97. The molecule has 0 saturated heterocycles. The molecule has 1 N–H and O–H groups in total. The van der Waals surface area contributed by atoms with Gasteiger partial charge in [0.15, 0.2) is 0 Å². The Kier molecular flexibility index (Phi) is 6.29. The van der Waals surface area contributed by atoms with Crippen molar-refractivity contribution >= 4 is 21.8 Å². The molecule has 0 fully saturated rings. The molecule has 5 heteroatoms. The average molecular weight is 317 g/mol. The molecule has 1 atom stereocenters. The number of carbonyl (C=O) groups excluding carboxylic acids is 1. The van der Waals surface area contributed by atoms with Gasteiger partial charge in [-0.2, -0.15) is 0 Å². The molecule has 1 rings (SSSR count). The molecule has 1 amide bonds. The normalized spacial score (nSPS) is 12.5. The van der Waals surface area contributed by atoms with E-state index in [2.05, 4.69) is 21.2 Å². The molecule has 0 aromatic heterocycles. The van der Waals surface area contributed by atoms with Crippen LogP contribution in [0.25, 0.3) is 0 Å². The highest BCUT2D eigenvalue weighted by molar-refractivity contribution is 9.10. The molecule has 0 aliphatic carbocycles. The molecule has 100 valence electrons. The smallest absolute Gasteiger partial charge is 0.234 e. The minimum absolute atomic E-state index is 0.111. The van der Waals surface area contributed by atoms with Gasteiger partial charge in [-0.3, -0.25) is 4.79 Å². The van der Waals surface area contributed by atoms with Crippen molar-refractivity contribution in [3.8, 4) is 0 Å². The molecule has 0 aliphatic rings. The van der Waals surface area contributed by atoms with Crippen molar-refractivity contribution in [2.75, 3.05) is 27.2 Å². The Labute approximate surface area is 115 Å².